The van der Waals surface area contributed by atoms with E-state index in [0.29, 0.717) is 18.7 Å². The molecule has 5 heteroatoms. The number of rotatable bonds is 5. The number of nitrogens with one attached hydrogen (secondary N) is 1. The van der Waals surface area contributed by atoms with Crippen molar-refractivity contribution in [3.63, 3.8) is 0 Å². The summed E-state index contributed by atoms with van der Waals surface area (Å²) in [4.78, 5) is 25.0. The molecule has 0 bridgehead atoms. The van der Waals surface area contributed by atoms with Crippen LogP contribution in [-0.2, 0) is 16.1 Å². The zero-order valence-electron chi connectivity index (χ0n) is 11.7. The molecule has 0 unspecified atom stereocenters. The molecule has 1 aromatic rings. The summed E-state index contributed by atoms with van der Waals surface area (Å²) in [6, 6.07) is 7.18. The van der Waals surface area contributed by atoms with Crippen LogP contribution in [0.15, 0.2) is 24.3 Å². The van der Waals surface area contributed by atoms with Gasteiger partial charge < -0.3 is 15.0 Å². The van der Waals surface area contributed by atoms with Crippen LogP contribution in [0, 0.1) is 0 Å². The zero-order chi connectivity index (χ0) is 14.4. The van der Waals surface area contributed by atoms with Gasteiger partial charge in [0.25, 0.3) is 0 Å². The van der Waals surface area contributed by atoms with Crippen LogP contribution in [0.25, 0.3) is 0 Å². The summed E-state index contributed by atoms with van der Waals surface area (Å²) in [5.41, 5.74) is 1.57. The molecule has 0 aliphatic carbocycles. The maximum absolute atomic E-state index is 11.8. The van der Waals surface area contributed by atoms with Gasteiger partial charge in [0.05, 0.1) is 19.2 Å². The molecule has 1 aliphatic heterocycles. The summed E-state index contributed by atoms with van der Waals surface area (Å²) in [7, 11) is 1.36. The number of hydrogen-bond acceptors (Lipinski definition) is 4. The Morgan fingerprint density at radius 1 is 1.20 bits per heavy atom. The van der Waals surface area contributed by atoms with Crippen LogP contribution in [-0.4, -0.2) is 43.5 Å². The second-order valence-corrected chi connectivity index (χ2v) is 4.88. The van der Waals surface area contributed by atoms with Crippen molar-refractivity contribution in [2.75, 3.05) is 26.7 Å². The van der Waals surface area contributed by atoms with Gasteiger partial charge in [-0.05, 0) is 30.5 Å². The van der Waals surface area contributed by atoms with Crippen molar-refractivity contribution in [1.29, 1.82) is 0 Å². The van der Waals surface area contributed by atoms with Crippen LogP contribution in [0.2, 0.25) is 0 Å². The lowest BCUT2D eigenvalue weighted by atomic mass is 10.1. The lowest BCUT2D eigenvalue weighted by Gasteiger charge is -2.15. The first-order chi connectivity index (χ1) is 9.70. The first-order valence-corrected chi connectivity index (χ1v) is 6.86. The highest BCUT2D eigenvalue weighted by molar-refractivity contribution is 5.89. The number of esters is 1. The van der Waals surface area contributed by atoms with Gasteiger partial charge >= 0.3 is 5.97 Å². The van der Waals surface area contributed by atoms with Crippen LogP contribution in [0.4, 0.5) is 0 Å². The van der Waals surface area contributed by atoms with Gasteiger partial charge in [-0.15, -0.1) is 0 Å². The number of benzene rings is 1. The highest BCUT2D eigenvalue weighted by Crippen LogP contribution is 2.07. The Morgan fingerprint density at radius 3 is 2.45 bits per heavy atom. The first-order valence-electron chi connectivity index (χ1n) is 6.86. The molecular formula is C15H20N2O3. The fourth-order valence-corrected chi connectivity index (χ4v) is 2.27. The number of likely N-dealkylation sites (tertiary alicyclic amines) is 1. The predicted octanol–water partition coefficient (Wildman–Crippen LogP) is 1.19. The van der Waals surface area contributed by atoms with E-state index in [4.69, 9.17) is 0 Å². The van der Waals surface area contributed by atoms with E-state index < -0.39 is 0 Å². The number of nitrogens with zero attached hydrogens (tertiary/aromatic N) is 1. The van der Waals surface area contributed by atoms with Crippen LogP contribution < -0.4 is 5.32 Å². The summed E-state index contributed by atoms with van der Waals surface area (Å²) in [6.45, 7) is 2.74. The average molecular weight is 276 g/mol. The molecule has 1 amide bonds. The third-order valence-corrected chi connectivity index (χ3v) is 3.44. The van der Waals surface area contributed by atoms with Crippen molar-refractivity contribution < 1.29 is 14.3 Å². The van der Waals surface area contributed by atoms with E-state index in [1.54, 1.807) is 12.1 Å². The molecule has 0 saturated carbocycles. The first kappa shape index (κ1) is 14.5. The Kier molecular flexibility index (Phi) is 5.12. The fraction of sp³-hybridized carbons (Fsp3) is 0.467. The van der Waals surface area contributed by atoms with E-state index >= 15 is 0 Å². The number of ether oxygens (including phenoxy) is 1. The van der Waals surface area contributed by atoms with Crippen molar-refractivity contribution in [3.8, 4) is 0 Å². The van der Waals surface area contributed by atoms with Crippen LogP contribution in [0.5, 0.6) is 0 Å². The Hall–Kier alpha value is -1.88. The smallest absolute Gasteiger partial charge is 0.337 e. The summed E-state index contributed by atoms with van der Waals surface area (Å²) < 4.78 is 4.64. The Balaban J connectivity index is 1.76. The third-order valence-electron chi connectivity index (χ3n) is 3.44. The fourth-order valence-electron chi connectivity index (χ4n) is 2.27. The molecule has 1 aromatic carbocycles. The van der Waals surface area contributed by atoms with Crippen LogP contribution in [0.3, 0.4) is 0 Å². The van der Waals surface area contributed by atoms with Gasteiger partial charge in [-0.3, -0.25) is 4.79 Å². The second-order valence-electron chi connectivity index (χ2n) is 4.88. The molecule has 0 aromatic heterocycles. The number of methoxy groups -OCH3 is 1. The van der Waals surface area contributed by atoms with Crippen molar-refractivity contribution in [2.24, 2.45) is 0 Å². The maximum Gasteiger partial charge on any atom is 0.337 e. The van der Waals surface area contributed by atoms with E-state index in [2.05, 4.69) is 10.1 Å². The molecule has 20 heavy (non-hydrogen) atoms. The highest BCUT2D eigenvalue weighted by Gasteiger charge is 2.16. The number of amides is 1. The van der Waals surface area contributed by atoms with E-state index in [0.717, 1.165) is 31.5 Å². The minimum atomic E-state index is -0.339. The summed E-state index contributed by atoms with van der Waals surface area (Å²) in [6.07, 6.45) is 2.22. The van der Waals surface area contributed by atoms with E-state index in [1.807, 2.05) is 17.0 Å². The van der Waals surface area contributed by atoms with E-state index in [1.165, 1.54) is 7.11 Å². The SMILES string of the molecule is COC(=O)c1ccc(CNCC(=O)N2CCCC2)cc1. The topological polar surface area (TPSA) is 58.6 Å². The summed E-state index contributed by atoms with van der Waals surface area (Å²) in [5, 5.41) is 3.13. The number of carbonyl (C=O) groups is 2. The molecule has 1 saturated heterocycles. The number of hydrogen-bond donors (Lipinski definition) is 1. The Bertz CT molecular complexity index is 465. The van der Waals surface area contributed by atoms with Crippen molar-refractivity contribution in [2.45, 2.75) is 19.4 Å². The lowest BCUT2D eigenvalue weighted by molar-refractivity contribution is -0.129. The van der Waals surface area contributed by atoms with Crippen molar-refractivity contribution in [1.82, 2.24) is 10.2 Å². The minimum absolute atomic E-state index is 0.161. The van der Waals surface area contributed by atoms with Crippen LogP contribution >= 0.6 is 0 Å². The van der Waals surface area contributed by atoms with Crippen molar-refractivity contribution in [3.05, 3.63) is 35.4 Å². The van der Waals surface area contributed by atoms with Crippen molar-refractivity contribution >= 4 is 11.9 Å². The molecule has 1 fully saturated rings. The third kappa shape index (κ3) is 3.81. The lowest BCUT2D eigenvalue weighted by Crippen LogP contribution is -2.35. The molecule has 2 rings (SSSR count). The average Bonchev–Trinajstić information content (AvgIpc) is 3.01. The zero-order valence-corrected chi connectivity index (χ0v) is 11.7. The minimum Gasteiger partial charge on any atom is -0.465 e. The summed E-state index contributed by atoms with van der Waals surface area (Å²) >= 11 is 0. The normalized spacial score (nSPS) is 14.3. The summed E-state index contributed by atoms with van der Waals surface area (Å²) in [5.74, 6) is -0.178. The van der Waals surface area contributed by atoms with Gasteiger partial charge in [-0.25, -0.2) is 4.79 Å². The predicted molar refractivity (Wildman–Crippen MR) is 75.3 cm³/mol. The Labute approximate surface area is 118 Å². The van der Waals surface area contributed by atoms with Gasteiger partial charge in [-0.2, -0.15) is 0 Å². The molecule has 0 atom stereocenters. The van der Waals surface area contributed by atoms with E-state index in [9.17, 15) is 9.59 Å². The van der Waals surface area contributed by atoms with Gasteiger partial charge in [0, 0.05) is 19.6 Å². The van der Waals surface area contributed by atoms with Gasteiger partial charge in [0.15, 0.2) is 0 Å². The van der Waals surface area contributed by atoms with E-state index in [-0.39, 0.29) is 11.9 Å². The monoisotopic (exact) mass is 276 g/mol. The molecule has 1 aliphatic rings. The molecule has 5 nitrogen and oxygen atoms in total. The Morgan fingerprint density at radius 2 is 1.85 bits per heavy atom. The molecule has 0 radical (unpaired) electrons. The molecule has 108 valence electrons. The quantitative estimate of drug-likeness (QED) is 0.821. The largest absolute Gasteiger partial charge is 0.465 e. The van der Waals surface area contributed by atoms with Gasteiger partial charge in [0.2, 0.25) is 5.91 Å². The number of carbonyl (C=O) groups excluding carboxylic acids is 2. The molecule has 1 N–H and O–H groups in total. The van der Waals surface area contributed by atoms with Crippen LogP contribution in [0.1, 0.15) is 28.8 Å². The molecule has 0 spiro atoms. The second kappa shape index (κ2) is 7.05. The molecular weight excluding hydrogens is 256 g/mol. The highest BCUT2D eigenvalue weighted by atomic mass is 16.5. The van der Waals surface area contributed by atoms with Gasteiger partial charge in [0.1, 0.15) is 0 Å². The standard InChI is InChI=1S/C15H20N2O3/c1-20-15(19)13-6-4-12(5-7-13)10-16-11-14(18)17-8-2-3-9-17/h4-7,16H,2-3,8-11H2,1H3. The maximum atomic E-state index is 11.8. The molecule has 1 heterocycles. The van der Waals surface area contributed by atoms with Gasteiger partial charge in [-0.1, -0.05) is 12.1 Å².